The van der Waals surface area contributed by atoms with Crippen LogP contribution < -0.4 is 5.32 Å². The second-order valence-electron chi connectivity index (χ2n) is 4.48. The third-order valence-electron chi connectivity index (χ3n) is 2.99. The summed E-state index contributed by atoms with van der Waals surface area (Å²) in [7, 11) is 0. The van der Waals surface area contributed by atoms with Gasteiger partial charge >= 0.3 is 0 Å². The zero-order valence-corrected chi connectivity index (χ0v) is 12.4. The Morgan fingerprint density at radius 3 is 2.71 bits per heavy atom. The molecule has 1 N–H and O–H groups in total. The largest absolute Gasteiger partial charge is 0.305 e. The van der Waals surface area contributed by atoms with Gasteiger partial charge in [0.25, 0.3) is 5.91 Å². The number of rotatable bonds is 2. The van der Waals surface area contributed by atoms with E-state index in [0.29, 0.717) is 11.4 Å². The summed E-state index contributed by atoms with van der Waals surface area (Å²) < 4.78 is 14.5. The summed E-state index contributed by atoms with van der Waals surface area (Å²) in [6.45, 7) is 0. The van der Waals surface area contributed by atoms with Crippen molar-refractivity contribution in [1.82, 2.24) is 5.32 Å². The minimum absolute atomic E-state index is 0.190. The highest BCUT2D eigenvalue weighted by molar-refractivity contribution is 9.10. The summed E-state index contributed by atoms with van der Waals surface area (Å²) in [5, 5.41) is 2.69. The van der Waals surface area contributed by atoms with E-state index >= 15 is 0 Å². The number of amidine groups is 1. The van der Waals surface area contributed by atoms with E-state index in [4.69, 9.17) is 0 Å². The van der Waals surface area contributed by atoms with Crippen LogP contribution in [0.3, 0.4) is 0 Å². The quantitative estimate of drug-likeness (QED) is 0.832. The monoisotopic (exact) mass is 344 g/mol. The molecule has 0 fully saturated rings. The number of nitrogens with one attached hydrogen (secondary N) is 1. The molecular weight excluding hydrogens is 335 g/mol. The number of aliphatic imine (C=N–C) groups is 1. The standard InChI is InChI=1S/C16H10BrFN2O/c17-12-6-3-5-11(8-12)15-19-14(16(21)20-15)9-10-4-1-2-7-13(10)18/h1-9H,(H,19,20,21). The van der Waals surface area contributed by atoms with Crippen molar-refractivity contribution >= 4 is 33.7 Å². The zero-order chi connectivity index (χ0) is 14.8. The number of halogens is 2. The molecule has 0 aromatic heterocycles. The van der Waals surface area contributed by atoms with Gasteiger partial charge in [0.1, 0.15) is 17.3 Å². The number of hydrogen-bond acceptors (Lipinski definition) is 2. The van der Waals surface area contributed by atoms with Crippen molar-refractivity contribution < 1.29 is 9.18 Å². The smallest absolute Gasteiger partial charge is 0.275 e. The minimum Gasteiger partial charge on any atom is -0.305 e. The molecular formula is C16H10BrFN2O. The highest BCUT2D eigenvalue weighted by Crippen LogP contribution is 2.18. The van der Waals surface area contributed by atoms with Crippen LogP contribution in [-0.2, 0) is 4.79 Å². The first-order valence-corrected chi connectivity index (χ1v) is 7.05. The number of hydrogen-bond donors (Lipinski definition) is 1. The SMILES string of the molecule is O=C1NC(c2cccc(Br)c2)=NC1=Cc1ccccc1F. The summed E-state index contributed by atoms with van der Waals surface area (Å²) in [6, 6.07) is 13.7. The van der Waals surface area contributed by atoms with Crippen LogP contribution >= 0.6 is 15.9 Å². The number of carbonyl (C=O) groups is 1. The van der Waals surface area contributed by atoms with Gasteiger partial charge in [0.15, 0.2) is 0 Å². The summed E-state index contributed by atoms with van der Waals surface area (Å²) >= 11 is 3.37. The Labute approximate surface area is 129 Å². The fraction of sp³-hybridized carbons (Fsp3) is 0. The van der Waals surface area contributed by atoms with E-state index < -0.39 is 0 Å². The lowest BCUT2D eigenvalue weighted by molar-refractivity contribution is -0.115. The van der Waals surface area contributed by atoms with Crippen molar-refractivity contribution in [2.75, 3.05) is 0 Å². The molecule has 104 valence electrons. The normalized spacial score (nSPS) is 16.0. The Hall–Kier alpha value is -2.27. The molecule has 0 unspecified atom stereocenters. The van der Waals surface area contributed by atoms with Gasteiger partial charge < -0.3 is 5.32 Å². The van der Waals surface area contributed by atoms with Crippen molar-refractivity contribution in [3.05, 3.63) is 75.6 Å². The highest BCUT2D eigenvalue weighted by atomic mass is 79.9. The van der Waals surface area contributed by atoms with Crippen molar-refractivity contribution in [1.29, 1.82) is 0 Å². The lowest BCUT2D eigenvalue weighted by Crippen LogP contribution is -2.24. The van der Waals surface area contributed by atoms with E-state index in [0.717, 1.165) is 10.0 Å². The zero-order valence-electron chi connectivity index (χ0n) is 10.8. The molecule has 0 atom stereocenters. The molecule has 1 aliphatic heterocycles. The number of benzene rings is 2. The third kappa shape index (κ3) is 2.92. The fourth-order valence-corrected chi connectivity index (χ4v) is 2.38. The number of carbonyl (C=O) groups excluding carboxylic acids is 1. The summed E-state index contributed by atoms with van der Waals surface area (Å²) in [4.78, 5) is 16.2. The predicted octanol–water partition coefficient (Wildman–Crippen LogP) is 3.51. The van der Waals surface area contributed by atoms with Crippen LogP contribution in [0.2, 0.25) is 0 Å². The maximum absolute atomic E-state index is 13.6. The second-order valence-corrected chi connectivity index (χ2v) is 5.39. The van der Waals surface area contributed by atoms with Crippen LogP contribution in [0, 0.1) is 5.82 Å². The second kappa shape index (κ2) is 5.61. The topological polar surface area (TPSA) is 41.5 Å². The molecule has 1 amide bonds. The first-order valence-electron chi connectivity index (χ1n) is 6.26. The average molecular weight is 345 g/mol. The van der Waals surface area contributed by atoms with Gasteiger partial charge in [0.05, 0.1) is 0 Å². The maximum Gasteiger partial charge on any atom is 0.275 e. The Morgan fingerprint density at radius 2 is 1.95 bits per heavy atom. The fourth-order valence-electron chi connectivity index (χ4n) is 1.98. The van der Waals surface area contributed by atoms with Crippen molar-refractivity contribution in [2.24, 2.45) is 4.99 Å². The molecule has 0 radical (unpaired) electrons. The van der Waals surface area contributed by atoms with Gasteiger partial charge in [0.2, 0.25) is 0 Å². The summed E-state index contributed by atoms with van der Waals surface area (Å²) in [6.07, 6.45) is 1.44. The minimum atomic E-state index is -0.385. The summed E-state index contributed by atoms with van der Waals surface area (Å²) in [5.41, 5.74) is 1.31. The van der Waals surface area contributed by atoms with Gasteiger partial charge in [-0.05, 0) is 24.3 Å². The Kier molecular flexibility index (Phi) is 3.66. The average Bonchev–Trinajstić information content (AvgIpc) is 2.83. The van der Waals surface area contributed by atoms with Crippen molar-refractivity contribution in [3.8, 4) is 0 Å². The van der Waals surface area contributed by atoms with Gasteiger partial charge in [-0.2, -0.15) is 0 Å². The molecule has 21 heavy (non-hydrogen) atoms. The highest BCUT2D eigenvalue weighted by Gasteiger charge is 2.21. The lowest BCUT2D eigenvalue weighted by atomic mass is 10.2. The van der Waals surface area contributed by atoms with Crippen LogP contribution in [0.5, 0.6) is 0 Å². The molecule has 1 aliphatic rings. The van der Waals surface area contributed by atoms with Gasteiger partial charge in [-0.3, -0.25) is 4.79 Å². The molecule has 3 rings (SSSR count). The molecule has 2 aromatic carbocycles. The molecule has 3 nitrogen and oxygen atoms in total. The molecule has 2 aromatic rings. The van der Waals surface area contributed by atoms with E-state index in [1.54, 1.807) is 18.2 Å². The first-order chi connectivity index (χ1) is 10.1. The maximum atomic E-state index is 13.6. The van der Waals surface area contributed by atoms with Crippen LogP contribution in [0.25, 0.3) is 6.08 Å². The van der Waals surface area contributed by atoms with Gasteiger partial charge in [0, 0.05) is 15.6 Å². The van der Waals surface area contributed by atoms with E-state index in [-0.39, 0.29) is 17.4 Å². The van der Waals surface area contributed by atoms with E-state index in [1.807, 2.05) is 24.3 Å². The third-order valence-corrected chi connectivity index (χ3v) is 3.49. The first kappa shape index (κ1) is 13.7. The van der Waals surface area contributed by atoms with E-state index in [2.05, 4.69) is 26.2 Å². The van der Waals surface area contributed by atoms with Crippen LogP contribution in [0.15, 0.2) is 63.7 Å². The lowest BCUT2D eigenvalue weighted by Gasteiger charge is -2.00. The van der Waals surface area contributed by atoms with Gasteiger partial charge in [-0.15, -0.1) is 0 Å². The van der Waals surface area contributed by atoms with Gasteiger partial charge in [-0.25, -0.2) is 9.38 Å². The Morgan fingerprint density at radius 1 is 1.14 bits per heavy atom. The predicted molar refractivity (Wildman–Crippen MR) is 83.2 cm³/mol. The van der Waals surface area contributed by atoms with E-state index in [1.165, 1.54) is 12.1 Å². The molecule has 0 saturated heterocycles. The molecule has 1 heterocycles. The molecule has 0 aliphatic carbocycles. The van der Waals surface area contributed by atoms with E-state index in [9.17, 15) is 9.18 Å². The molecule has 0 saturated carbocycles. The number of amides is 1. The molecule has 0 bridgehead atoms. The Balaban J connectivity index is 1.98. The molecule has 0 spiro atoms. The summed E-state index contributed by atoms with van der Waals surface area (Å²) in [5.74, 6) is -0.263. The Bertz CT molecular complexity index is 783. The van der Waals surface area contributed by atoms with Crippen LogP contribution in [-0.4, -0.2) is 11.7 Å². The van der Waals surface area contributed by atoms with Crippen molar-refractivity contribution in [2.45, 2.75) is 0 Å². The van der Waals surface area contributed by atoms with Crippen molar-refractivity contribution in [3.63, 3.8) is 0 Å². The molecule has 5 heteroatoms. The van der Waals surface area contributed by atoms with Crippen LogP contribution in [0.1, 0.15) is 11.1 Å². The number of nitrogens with zero attached hydrogens (tertiary/aromatic N) is 1. The van der Waals surface area contributed by atoms with Gasteiger partial charge in [-0.1, -0.05) is 46.3 Å². The van der Waals surface area contributed by atoms with Crippen LogP contribution in [0.4, 0.5) is 4.39 Å².